The smallest absolute Gasteiger partial charge is 0.326 e. The molecule has 1 aliphatic rings. The van der Waals surface area contributed by atoms with Crippen LogP contribution in [-0.2, 0) is 4.79 Å². The molecule has 2 aromatic rings. The molecule has 3 heterocycles. The lowest BCUT2D eigenvalue weighted by Crippen LogP contribution is -2.36. The molecule has 1 aliphatic heterocycles. The Morgan fingerprint density at radius 1 is 1.55 bits per heavy atom. The fourth-order valence-electron chi connectivity index (χ4n) is 2.43. The minimum atomic E-state index is -0.904. The first-order valence-electron chi connectivity index (χ1n) is 5.96. The van der Waals surface area contributed by atoms with E-state index in [1.54, 1.807) is 4.90 Å². The highest BCUT2D eigenvalue weighted by Gasteiger charge is 2.33. The summed E-state index contributed by atoms with van der Waals surface area (Å²) in [7, 11) is 0. The lowest BCUT2D eigenvalue weighted by molar-refractivity contribution is -0.380. The maximum absolute atomic E-state index is 11.2. The molecule has 1 fully saturated rings. The van der Waals surface area contributed by atoms with E-state index in [0.29, 0.717) is 29.0 Å². The Balaban J connectivity index is 2.11. The summed E-state index contributed by atoms with van der Waals surface area (Å²) < 4.78 is 0. The van der Waals surface area contributed by atoms with Crippen LogP contribution in [0.1, 0.15) is 12.8 Å². The Labute approximate surface area is 116 Å². The quantitative estimate of drug-likeness (QED) is 0.677. The number of carboxylic acid groups (broad SMARTS) is 1. The second-order valence-electron chi connectivity index (χ2n) is 4.45. The molecule has 0 saturated carbocycles. The van der Waals surface area contributed by atoms with Gasteiger partial charge >= 0.3 is 11.0 Å². The van der Waals surface area contributed by atoms with Gasteiger partial charge in [0.15, 0.2) is 0 Å². The molecule has 0 amide bonds. The zero-order valence-corrected chi connectivity index (χ0v) is 11.0. The molecule has 1 saturated heterocycles. The number of fused-ring (bicyclic) bond motifs is 1. The standard InChI is InChI=1S/C11H10N4O4S/c16-11(17)7-2-1-3-14(7)9-6-4-8(15(18)19)20-10(6)13-5-12-9/h4-5,7H,1-3H2,(H,16,17)/t7-/m0/s1. The fourth-order valence-corrected chi connectivity index (χ4v) is 3.24. The van der Waals surface area contributed by atoms with Crippen LogP contribution in [-0.4, -0.2) is 38.6 Å². The van der Waals surface area contributed by atoms with Crippen LogP contribution in [0.25, 0.3) is 10.2 Å². The van der Waals surface area contributed by atoms with E-state index in [1.165, 1.54) is 12.4 Å². The molecule has 20 heavy (non-hydrogen) atoms. The number of aromatic nitrogens is 2. The van der Waals surface area contributed by atoms with Crippen LogP contribution >= 0.6 is 11.3 Å². The van der Waals surface area contributed by atoms with Crippen LogP contribution in [0.5, 0.6) is 0 Å². The van der Waals surface area contributed by atoms with Gasteiger partial charge in [0.1, 0.15) is 23.0 Å². The first-order chi connectivity index (χ1) is 9.58. The second-order valence-corrected chi connectivity index (χ2v) is 5.46. The molecular weight excluding hydrogens is 284 g/mol. The van der Waals surface area contributed by atoms with E-state index in [0.717, 1.165) is 17.8 Å². The minimum Gasteiger partial charge on any atom is -0.480 e. The van der Waals surface area contributed by atoms with Gasteiger partial charge in [0, 0.05) is 12.6 Å². The van der Waals surface area contributed by atoms with Crippen LogP contribution in [0, 0.1) is 10.1 Å². The average molecular weight is 294 g/mol. The number of carbonyl (C=O) groups is 1. The minimum absolute atomic E-state index is 0.0205. The summed E-state index contributed by atoms with van der Waals surface area (Å²) in [6, 6.07) is 0.777. The number of nitro groups is 1. The summed E-state index contributed by atoms with van der Waals surface area (Å²) in [5, 5.41) is 20.6. The van der Waals surface area contributed by atoms with Gasteiger partial charge in [-0.25, -0.2) is 14.8 Å². The van der Waals surface area contributed by atoms with E-state index < -0.39 is 16.9 Å². The number of hydrogen-bond donors (Lipinski definition) is 1. The molecule has 104 valence electrons. The van der Waals surface area contributed by atoms with Crippen molar-refractivity contribution in [1.29, 1.82) is 0 Å². The lowest BCUT2D eigenvalue weighted by atomic mass is 10.2. The lowest BCUT2D eigenvalue weighted by Gasteiger charge is -2.22. The number of anilines is 1. The second kappa shape index (κ2) is 4.67. The number of aliphatic carboxylic acids is 1. The summed E-state index contributed by atoms with van der Waals surface area (Å²) in [6.07, 6.45) is 2.62. The topological polar surface area (TPSA) is 109 Å². The summed E-state index contributed by atoms with van der Waals surface area (Å²) in [6.45, 7) is 0.576. The Kier molecular flexibility index (Phi) is 2.97. The maximum Gasteiger partial charge on any atom is 0.326 e. The molecule has 8 nitrogen and oxygen atoms in total. The molecule has 0 radical (unpaired) electrons. The molecule has 0 bridgehead atoms. The van der Waals surface area contributed by atoms with Crippen LogP contribution in [0.4, 0.5) is 10.8 Å². The van der Waals surface area contributed by atoms with E-state index in [-0.39, 0.29) is 5.00 Å². The number of hydrogen-bond acceptors (Lipinski definition) is 7. The van der Waals surface area contributed by atoms with Crippen molar-refractivity contribution >= 4 is 38.3 Å². The number of nitrogens with zero attached hydrogens (tertiary/aromatic N) is 4. The van der Waals surface area contributed by atoms with Crippen molar-refractivity contribution in [2.75, 3.05) is 11.4 Å². The van der Waals surface area contributed by atoms with Crippen molar-refractivity contribution in [1.82, 2.24) is 9.97 Å². The van der Waals surface area contributed by atoms with Crippen molar-refractivity contribution in [2.24, 2.45) is 0 Å². The van der Waals surface area contributed by atoms with Gasteiger partial charge in [-0.1, -0.05) is 0 Å². The van der Waals surface area contributed by atoms with Gasteiger partial charge in [-0.15, -0.1) is 0 Å². The molecule has 1 N–H and O–H groups in total. The Hall–Kier alpha value is -2.29. The average Bonchev–Trinajstić information content (AvgIpc) is 3.04. The van der Waals surface area contributed by atoms with E-state index in [2.05, 4.69) is 9.97 Å². The van der Waals surface area contributed by atoms with Gasteiger partial charge in [-0.3, -0.25) is 10.1 Å². The maximum atomic E-state index is 11.2. The summed E-state index contributed by atoms with van der Waals surface area (Å²) >= 11 is 0.964. The summed E-state index contributed by atoms with van der Waals surface area (Å²) in [4.78, 5) is 31.9. The highest BCUT2D eigenvalue weighted by atomic mass is 32.1. The zero-order chi connectivity index (χ0) is 14.3. The third-order valence-electron chi connectivity index (χ3n) is 3.29. The van der Waals surface area contributed by atoms with Gasteiger partial charge < -0.3 is 10.0 Å². The highest BCUT2D eigenvalue weighted by Crippen LogP contribution is 2.36. The first kappa shape index (κ1) is 12.7. The Morgan fingerprint density at radius 3 is 3.05 bits per heavy atom. The molecule has 0 unspecified atom stereocenters. The predicted molar refractivity (Wildman–Crippen MR) is 72.1 cm³/mol. The monoisotopic (exact) mass is 294 g/mol. The van der Waals surface area contributed by atoms with Crippen molar-refractivity contribution in [3.63, 3.8) is 0 Å². The van der Waals surface area contributed by atoms with Gasteiger partial charge in [0.25, 0.3) is 0 Å². The predicted octanol–water partition coefficient (Wildman–Crippen LogP) is 1.65. The highest BCUT2D eigenvalue weighted by molar-refractivity contribution is 7.21. The first-order valence-corrected chi connectivity index (χ1v) is 6.78. The molecule has 0 spiro atoms. The molecule has 9 heteroatoms. The molecule has 0 aromatic carbocycles. The van der Waals surface area contributed by atoms with E-state index in [1.807, 2.05) is 0 Å². The normalized spacial score (nSPS) is 18.6. The van der Waals surface area contributed by atoms with Crippen molar-refractivity contribution < 1.29 is 14.8 Å². The largest absolute Gasteiger partial charge is 0.480 e. The fraction of sp³-hybridized carbons (Fsp3) is 0.364. The third kappa shape index (κ3) is 1.95. The number of rotatable bonds is 3. The summed E-state index contributed by atoms with van der Waals surface area (Å²) in [5.74, 6) is -0.441. The van der Waals surface area contributed by atoms with Crippen molar-refractivity contribution in [3.05, 3.63) is 22.5 Å². The molecule has 1 atom stereocenters. The van der Waals surface area contributed by atoms with E-state index >= 15 is 0 Å². The van der Waals surface area contributed by atoms with Crippen molar-refractivity contribution in [2.45, 2.75) is 18.9 Å². The van der Waals surface area contributed by atoms with Crippen molar-refractivity contribution in [3.8, 4) is 0 Å². The summed E-state index contributed by atoms with van der Waals surface area (Å²) in [5.41, 5.74) is 0. The number of carboxylic acids is 1. The SMILES string of the molecule is O=C(O)[C@@H]1CCCN1c1ncnc2sc([N+](=O)[O-])cc12. The van der Waals surface area contributed by atoms with E-state index in [4.69, 9.17) is 0 Å². The number of thiophene rings is 1. The Morgan fingerprint density at radius 2 is 2.35 bits per heavy atom. The zero-order valence-electron chi connectivity index (χ0n) is 10.2. The molecule has 0 aliphatic carbocycles. The van der Waals surface area contributed by atoms with Gasteiger partial charge in [-0.2, -0.15) is 0 Å². The Bertz CT molecular complexity index is 701. The van der Waals surface area contributed by atoms with Gasteiger partial charge in [-0.05, 0) is 24.2 Å². The molecule has 3 rings (SSSR count). The molecular formula is C11H10N4O4S. The third-order valence-corrected chi connectivity index (χ3v) is 4.28. The van der Waals surface area contributed by atoms with Crippen LogP contribution < -0.4 is 4.90 Å². The van der Waals surface area contributed by atoms with Crippen LogP contribution in [0.3, 0.4) is 0 Å². The van der Waals surface area contributed by atoms with Crippen LogP contribution in [0.15, 0.2) is 12.4 Å². The van der Waals surface area contributed by atoms with Gasteiger partial charge in [0.05, 0.1) is 10.3 Å². The van der Waals surface area contributed by atoms with E-state index in [9.17, 15) is 20.0 Å². The van der Waals surface area contributed by atoms with Gasteiger partial charge in [0.2, 0.25) is 0 Å². The van der Waals surface area contributed by atoms with Crippen LogP contribution in [0.2, 0.25) is 0 Å². The molecule has 2 aromatic heterocycles.